The molecule has 0 spiro atoms. The van der Waals surface area contributed by atoms with Crippen LogP contribution >= 0.6 is 11.6 Å². The van der Waals surface area contributed by atoms with E-state index >= 15 is 0 Å². The molecule has 0 aliphatic rings. The molecule has 1 aromatic carbocycles. The SMILES string of the molecule is CC(C)(C)CCC(CO)(CO)c1ccccc1Cl. The molecular formula is C15H23ClO2. The van der Waals surface area contributed by atoms with Crippen molar-refractivity contribution < 1.29 is 10.2 Å². The molecule has 0 aromatic heterocycles. The van der Waals surface area contributed by atoms with E-state index in [1.807, 2.05) is 18.2 Å². The quantitative estimate of drug-likeness (QED) is 0.861. The molecule has 0 radical (unpaired) electrons. The molecule has 1 aromatic rings. The van der Waals surface area contributed by atoms with Crippen molar-refractivity contribution in [3.8, 4) is 0 Å². The molecule has 18 heavy (non-hydrogen) atoms. The molecule has 2 N–H and O–H groups in total. The van der Waals surface area contributed by atoms with Gasteiger partial charge in [0.25, 0.3) is 0 Å². The molecule has 0 heterocycles. The van der Waals surface area contributed by atoms with Crippen molar-refractivity contribution in [2.24, 2.45) is 5.41 Å². The van der Waals surface area contributed by atoms with Gasteiger partial charge < -0.3 is 10.2 Å². The van der Waals surface area contributed by atoms with Crippen molar-refractivity contribution >= 4 is 11.6 Å². The average molecular weight is 271 g/mol. The van der Waals surface area contributed by atoms with E-state index in [1.165, 1.54) is 0 Å². The lowest BCUT2D eigenvalue weighted by atomic mass is 9.74. The van der Waals surface area contributed by atoms with Crippen molar-refractivity contribution in [2.75, 3.05) is 13.2 Å². The summed E-state index contributed by atoms with van der Waals surface area (Å²) in [4.78, 5) is 0. The summed E-state index contributed by atoms with van der Waals surface area (Å²) in [5.41, 5.74) is 0.351. The average Bonchev–Trinajstić information content (AvgIpc) is 2.31. The molecule has 0 aliphatic carbocycles. The maximum Gasteiger partial charge on any atom is 0.0550 e. The first kappa shape index (κ1) is 15.5. The van der Waals surface area contributed by atoms with E-state index in [2.05, 4.69) is 20.8 Å². The summed E-state index contributed by atoms with van der Waals surface area (Å²) in [6, 6.07) is 7.43. The summed E-state index contributed by atoms with van der Waals surface area (Å²) in [6.45, 7) is 6.27. The summed E-state index contributed by atoms with van der Waals surface area (Å²) < 4.78 is 0. The molecule has 1 rings (SSSR count). The number of aliphatic hydroxyl groups excluding tert-OH is 2. The van der Waals surface area contributed by atoms with Gasteiger partial charge in [-0.25, -0.2) is 0 Å². The minimum Gasteiger partial charge on any atom is -0.395 e. The Kier molecular flexibility index (Phi) is 5.20. The lowest BCUT2D eigenvalue weighted by Gasteiger charge is -2.34. The van der Waals surface area contributed by atoms with Crippen LogP contribution in [-0.2, 0) is 5.41 Å². The Hall–Kier alpha value is -0.570. The summed E-state index contributed by atoms with van der Waals surface area (Å²) in [5.74, 6) is 0. The number of aliphatic hydroxyl groups is 2. The van der Waals surface area contributed by atoms with Gasteiger partial charge in [-0.15, -0.1) is 0 Å². The Morgan fingerprint density at radius 1 is 1.00 bits per heavy atom. The standard InChI is InChI=1S/C15H23ClO2/c1-14(2,3)8-9-15(10-17,11-18)12-6-4-5-7-13(12)16/h4-7,17-18H,8-11H2,1-3H3. The van der Waals surface area contributed by atoms with Crippen molar-refractivity contribution in [1.29, 1.82) is 0 Å². The van der Waals surface area contributed by atoms with Crippen molar-refractivity contribution in [2.45, 2.75) is 39.0 Å². The smallest absolute Gasteiger partial charge is 0.0550 e. The Bertz CT molecular complexity index is 378. The van der Waals surface area contributed by atoms with E-state index in [-0.39, 0.29) is 18.6 Å². The van der Waals surface area contributed by atoms with Gasteiger partial charge in [-0.2, -0.15) is 0 Å². The lowest BCUT2D eigenvalue weighted by molar-refractivity contribution is 0.0987. The second-order valence-corrected chi connectivity index (χ2v) is 6.54. The lowest BCUT2D eigenvalue weighted by Crippen LogP contribution is -2.36. The third-order valence-electron chi connectivity index (χ3n) is 3.40. The Balaban J connectivity index is 3.04. The fourth-order valence-corrected chi connectivity index (χ4v) is 2.35. The monoisotopic (exact) mass is 270 g/mol. The molecule has 102 valence electrons. The van der Waals surface area contributed by atoms with Gasteiger partial charge in [0.05, 0.1) is 13.2 Å². The van der Waals surface area contributed by atoms with E-state index in [0.717, 1.165) is 12.0 Å². The van der Waals surface area contributed by atoms with Crippen molar-refractivity contribution in [1.82, 2.24) is 0 Å². The molecule has 2 nitrogen and oxygen atoms in total. The zero-order chi connectivity index (χ0) is 13.8. The molecule has 0 fully saturated rings. The molecule has 0 amide bonds. The van der Waals surface area contributed by atoms with Gasteiger partial charge in [0.1, 0.15) is 0 Å². The van der Waals surface area contributed by atoms with E-state index in [1.54, 1.807) is 6.07 Å². The predicted molar refractivity (Wildman–Crippen MR) is 76.0 cm³/mol. The normalized spacial score (nSPS) is 12.8. The second kappa shape index (κ2) is 6.05. The highest BCUT2D eigenvalue weighted by Crippen LogP contribution is 2.36. The highest BCUT2D eigenvalue weighted by molar-refractivity contribution is 6.31. The molecule has 3 heteroatoms. The molecule has 0 atom stereocenters. The Labute approximate surface area is 115 Å². The van der Waals surface area contributed by atoms with E-state index in [4.69, 9.17) is 11.6 Å². The minimum atomic E-state index is -0.647. The van der Waals surface area contributed by atoms with Gasteiger partial charge in [0.15, 0.2) is 0 Å². The number of hydrogen-bond acceptors (Lipinski definition) is 2. The van der Waals surface area contributed by atoms with E-state index in [9.17, 15) is 10.2 Å². The van der Waals surface area contributed by atoms with Gasteiger partial charge >= 0.3 is 0 Å². The van der Waals surface area contributed by atoms with E-state index < -0.39 is 5.41 Å². The van der Waals surface area contributed by atoms with Gasteiger partial charge in [-0.1, -0.05) is 50.6 Å². The molecule has 0 unspecified atom stereocenters. The highest BCUT2D eigenvalue weighted by atomic mass is 35.5. The highest BCUT2D eigenvalue weighted by Gasteiger charge is 2.33. The molecule has 0 saturated carbocycles. The van der Waals surface area contributed by atoms with Gasteiger partial charge in [-0.05, 0) is 29.9 Å². The Morgan fingerprint density at radius 2 is 1.56 bits per heavy atom. The van der Waals surface area contributed by atoms with Crippen molar-refractivity contribution in [3.63, 3.8) is 0 Å². The summed E-state index contributed by atoms with van der Waals surface area (Å²) in [5, 5.41) is 20.1. The van der Waals surface area contributed by atoms with Crippen molar-refractivity contribution in [3.05, 3.63) is 34.9 Å². The van der Waals surface area contributed by atoms with Crippen LogP contribution in [0, 0.1) is 5.41 Å². The fourth-order valence-electron chi connectivity index (χ4n) is 2.02. The van der Waals surface area contributed by atoms with Crippen LogP contribution in [0.15, 0.2) is 24.3 Å². The number of benzene rings is 1. The number of hydrogen-bond donors (Lipinski definition) is 2. The molecule has 0 saturated heterocycles. The number of rotatable bonds is 5. The maximum atomic E-state index is 9.73. The third-order valence-corrected chi connectivity index (χ3v) is 3.73. The second-order valence-electron chi connectivity index (χ2n) is 6.14. The number of halogens is 1. The summed E-state index contributed by atoms with van der Waals surface area (Å²) in [7, 11) is 0. The largest absolute Gasteiger partial charge is 0.395 e. The van der Waals surface area contributed by atoms with Crippen LogP contribution in [0.5, 0.6) is 0 Å². The molecular weight excluding hydrogens is 248 g/mol. The maximum absolute atomic E-state index is 9.73. The summed E-state index contributed by atoms with van der Waals surface area (Å²) >= 11 is 6.19. The zero-order valence-corrected chi connectivity index (χ0v) is 12.2. The van der Waals surface area contributed by atoms with Crippen LogP contribution in [0.25, 0.3) is 0 Å². The van der Waals surface area contributed by atoms with Gasteiger partial charge in [0.2, 0.25) is 0 Å². The first-order valence-corrected chi connectivity index (χ1v) is 6.69. The minimum absolute atomic E-state index is 0.0939. The van der Waals surface area contributed by atoms with Gasteiger partial charge in [0, 0.05) is 10.4 Å². The topological polar surface area (TPSA) is 40.5 Å². The first-order chi connectivity index (χ1) is 8.34. The molecule has 0 aliphatic heterocycles. The predicted octanol–water partition coefficient (Wildman–Crippen LogP) is 3.39. The first-order valence-electron chi connectivity index (χ1n) is 6.31. The van der Waals surface area contributed by atoms with E-state index in [0.29, 0.717) is 11.4 Å². The van der Waals surface area contributed by atoms with Gasteiger partial charge in [-0.3, -0.25) is 0 Å². The third kappa shape index (κ3) is 3.71. The molecule has 0 bridgehead atoms. The summed E-state index contributed by atoms with van der Waals surface area (Å²) in [6.07, 6.45) is 1.63. The van der Waals surface area contributed by atoms with Crippen LogP contribution in [0.2, 0.25) is 5.02 Å². The van der Waals surface area contributed by atoms with Crippen LogP contribution in [0.4, 0.5) is 0 Å². The van der Waals surface area contributed by atoms with Crippen LogP contribution in [0.3, 0.4) is 0 Å². The fraction of sp³-hybridized carbons (Fsp3) is 0.600. The van der Waals surface area contributed by atoms with Crippen LogP contribution < -0.4 is 0 Å². The van der Waals surface area contributed by atoms with Crippen LogP contribution in [-0.4, -0.2) is 23.4 Å². The Morgan fingerprint density at radius 3 is 2.00 bits per heavy atom. The van der Waals surface area contributed by atoms with Crippen LogP contribution in [0.1, 0.15) is 39.2 Å². The zero-order valence-electron chi connectivity index (χ0n) is 11.4.